The SMILES string of the molecule is c1ccc2c(-c3nnc(SCC4CCCO4)n3CC3CCCO3)c[nH]c2c1. The Morgan fingerprint density at radius 2 is 1.89 bits per heavy atom. The van der Waals surface area contributed by atoms with E-state index in [-0.39, 0.29) is 6.10 Å². The molecule has 2 atom stereocenters. The maximum atomic E-state index is 5.90. The van der Waals surface area contributed by atoms with Crippen molar-refractivity contribution in [1.29, 1.82) is 0 Å². The minimum atomic E-state index is 0.243. The van der Waals surface area contributed by atoms with Crippen LogP contribution in [0.1, 0.15) is 25.7 Å². The molecule has 0 radical (unpaired) electrons. The lowest BCUT2D eigenvalue weighted by Crippen LogP contribution is -2.17. The standard InChI is InChI=1S/C20H24N4O2S/c1-2-8-18-16(7-1)17(11-21-18)19-22-23-20(27-13-15-6-4-10-26-15)24(19)12-14-5-3-9-25-14/h1-2,7-8,11,14-15,21H,3-6,9-10,12-13H2. The summed E-state index contributed by atoms with van der Waals surface area (Å²) >= 11 is 1.75. The van der Waals surface area contributed by atoms with Gasteiger partial charge in [-0.2, -0.15) is 0 Å². The van der Waals surface area contributed by atoms with Gasteiger partial charge < -0.3 is 14.5 Å². The fourth-order valence-electron chi connectivity index (χ4n) is 3.95. The maximum Gasteiger partial charge on any atom is 0.191 e. The van der Waals surface area contributed by atoms with Crippen molar-refractivity contribution in [2.45, 2.75) is 49.6 Å². The number of H-pyrrole nitrogens is 1. The number of aromatic nitrogens is 4. The number of nitrogens with one attached hydrogen (secondary N) is 1. The number of para-hydroxylation sites is 1. The topological polar surface area (TPSA) is 65.0 Å². The first kappa shape index (κ1) is 17.3. The lowest BCUT2D eigenvalue weighted by atomic mass is 10.1. The second kappa shape index (κ2) is 7.66. The molecule has 5 rings (SSSR count). The van der Waals surface area contributed by atoms with Gasteiger partial charge in [0.2, 0.25) is 0 Å². The molecule has 0 bridgehead atoms. The van der Waals surface area contributed by atoms with Gasteiger partial charge in [-0.1, -0.05) is 30.0 Å². The molecule has 2 saturated heterocycles. The van der Waals surface area contributed by atoms with Gasteiger partial charge in [-0.15, -0.1) is 10.2 Å². The van der Waals surface area contributed by atoms with Crippen LogP contribution in [-0.4, -0.2) is 50.9 Å². The van der Waals surface area contributed by atoms with E-state index in [0.717, 1.165) is 73.3 Å². The number of hydrogen-bond acceptors (Lipinski definition) is 5. The molecule has 2 aliphatic rings. The number of aromatic amines is 1. The van der Waals surface area contributed by atoms with Gasteiger partial charge in [0.25, 0.3) is 0 Å². The molecule has 0 spiro atoms. The number of thioether (sulfide) groups is 1. The van der Waals surface area contributed by atoms with Crippen molar-refractivity contribution in [3.63, 3.8) is 0 Å². The van der Waals surface area contributed by atoms with Crippen molar-refractivity contribution < 1.29 is 9.47 Å². The highest BCUT2D eigenvalue weighted by Crippen LogP contribution is 2.32. The third-order valence-corrected chi connectivity index (χ3v) is 6.48. The molecule has 0 saturated carbocycles. The summed E-state index contributed by atoms with van der Waals surface area (Å²) in [5.74, 6) is 1.84. The molecule has 0 aliphatic carbocycles. The molecule has 2 aliphatic heterocycles. The van der Waals surface area contributed by atoms with Gasteiger partial charge in [-0.25, -0.2) is 0 Å². The van der Waals surface area contributed by atoms with Gasteiger partial charge in [0.05, 0.1) is 18.8 Å². The van der Waals surface area contributed by atoms with Crippen molar-refractivity contribution in [3.8, 4) is 11.4 Å². The molecule has 3 aromatic rings. The lowest BCUT2D eigenvalue weighted by molar-refractivity contribution is 0.0953. The first-order valence-corrected chi connectivity index (χ1v) is 10.7. The van der Waals surface area contributed by atoms with E-state index in [1.54, 1.807) is 11.8 Å². The first-order chi connectivity index (χ1) is 13.4. The Bertz CT molecular complexity index is 910. The van der Waals surface area contributed by atoms with Crippen molar-refractivity contribution in [1.82, 2.24) is 19.7 Å². The summed E-state index contributed by atoms with van der Waals surface area (Å²) in [6.45, 7) is 2.54. The number of rotatable bonds is 6. The highest BCUT2D eigenvalue weighted by atomic mass is 32.2. The van der Waals surface area contributed by atoms with Gasteiger partial charge in [-0.05, 0) is 31.7 Å². The van der Waals surface area contributed by atoms with Crippen LogP contribution in [0.15, 0.2) is 35.6 Å². The van der Waals surface area contributed by atoms with E-state index in [1.165, 1.54) is 5.39 Å². The Morgan fingerprint density at radius 1 is 1.07 bits per heavy atom. The number of benzene rings is 1. The summed E-state index contributed by atoms with van der Waals surface area (Å²) < 4.78 is 13.9. The van der Waals surface area contributed by atoms with E-state index in [0.29, 0.717) is 6.10 Å². The summed E-state index contributed by atoms with van der Waals surface area (Å²) in [5.41, 5.74) is 2.22. The van der Waals surface area contributed by atoms with Gasteiger partial charge in [0.1, 0.15) is 0 Å². The molecule has 0 amide bonds. The van der Waals surface area contributed by atoms with E-state index in [1.807, 2.05) is 12.3 Å². The molecule has 142 valence electrons. The predicted octanol–water partition coefficient (Wildman–Crippen LogP) is 3.88. The van der Waals surface area contributed by atoms with Crippen molar-refractivity contribution in [2.75, 3.05) is 19.0 Å². The Labute approximate surface area is 162 Å². The monoisotopic (exact) mass is 384 g/mol. The second-order valence-electron chi connectivity index (χ2n) is 7.25. The zero-order chi connectivity index (χ0) is 18.1. The van der Waals surface area contributed by atoms with E-state index >= 15 is 0 Å². The number of ether oxygens (including phenoxy) is 2. The Hall–Kier alpha value is -1.83. The summed E-state index contributed by atoms with van der Waals surface area (Å²) in [6.07, 6.45) is 7.15. The molecule has 1 N–H and O–H groups in total. The summed E-state index contributed by atoms with van der Waals surface area (Å²) in [4.78, 5) is 3.35. The van der Waals surface area contributed by atoms with Crippen LogP contribution in [0.5, 0.6) is 0 Å². The van der Waals surface area contributed by atoms with Crippen LogP contribution in [0, 0.1) is 0 Å². The number of hydrogen-bond donors (Lipinski definition) is 1. The van der Waals surface area contributed by atoms with Crippen LogP contribution in [0.2, 0.25) is 0 Å². The zero-order valence-electron chi connectivity index (χ0n) is 15.3. The van der Waals surface area contributed by atoms with Crippen LogP contribution >= 0.6 is 11.8 Å². The van der Waals surface area contributed by atoms with Crippen molar-refractivity contribution >= 4 is 22.7 Å². The maximum absolute atomic E-state index is 5.90. The Kier molecular flexibility index (Phi) is 4.90. The van der Waals surface area contributed by atoms with Crippen LogP contribution < -0.4 is 0 Å². The second-order valence-corrected chi connectivity index (χ2v) is 8.23. The predicted molar refractivity (Wildman–Crippen MR) is 106 cm³/mol. The van der Waals surface area contributed by atoms with E-state index in [2.05, 4.69) is 37.9 Å². The average Bonchev–Trinajstić information content (AvgIpc) is 3.48. The molecule has 2 fully saturated rings. The minimum Gasteiger partial charge on any atom is -0.377 e. The third kappa shape index (κ3) is 3.51. The van der Waals surface area contributed by atoms with Gasteiger partial charge in [0, 0.05) is 41.6 Å². The van der Waals surface area contributed by atoms with Gasteiger partial charge in [0.15, 0.2) is 11.0 Å². The summed E-state index contributed by atoms with van der Waals surface area (Å²) in [7, 11) is 0. The fourth-order valence-corrected chi connectivity index (χ4v) is 4.96. The third-order valence-electron chi connectivity index (χ3n) is 5.38. The molecular weight excluding hydrogens is 360 g/mol. The van der Waals surface area contributed by atoms with E-state index < -0.39 is 0 Å². The molecule has 2 unspecified atom stereocenters. The molecular formula is C20H24N4O2S. The van der Waals surface area contributed by atoms with Crippen molar-refractivity contribution in [2.24, 2.45) is 0 Å². The lowest BCUT2D eigenvalue weighted by Gasteiger charge is -2.15. The number of fused-ring (bicyclic) bond motifs is 1. The molecule has 1 aromatic carbocycles. The van der Waals surface area contributed by atoms with Crippen LogP contribution in [0.25, 0.3) is 22.3 Å². The van der Waals surface area contributed by atoms with Crippen molar-refractivity contribution in [3.05, 3.63) is 30.5 Å². The number of nitrogens with zero attached hydrogens (tertiary/aromatic N) is 3. The molecule has 27 heavy (non-hydrogen) atoms. The molecule has 4 heterocycles. The highest BCUT2D eigenvalue weighted by Gasteiger charge is 2.24. The molecule has 6 nitrogen and oxygen atoms in total. The van der Waals surface area contributed by atoms with Gasteiger partial charge in [-0.3, -0.25) is 4.57 Å². The average molecular weight is 385 g/mol. The fraction of sp³-hybridized carbons (Fsp3) is 0.500. The quantitative estimate of drug-likeness (QED) is 0.654. The minimum absolute atomic E-state index is 0.243. The first-order valence-electron chi connectivity index (χ1n) is 9.74. The van der Waals surface area contributed by atoms with Gasteiger partial charge >= 0.3 is 0 Å². The highest BCUT2D eigenvalue weighted by molar-refractivity contribution is 7.99. The van der Waals surface area contributed by atoms with Crippen LogP contribution in [-0.2, 0) is 16.0 Å². The molecule has 2 aromatic heterocycles. The Balaban J connectivity index is 1.47. The van der Waals surface area contributed by atoms with E-state index in [9.17, 15) is 0 Å². The van der Waals surface area contributed by atoms with Crippen LogP contribution in [0.4, 0.5) is 0 Å². The normalized spacial score (nSPS) is 22.8. The summed E-state index contributed by atoms with van der Waals surface area (Å²) in [5, 5.41) is 11.2. The Morgan fingerprint density at radius 3 is 2.70 bits per heavy atom. The largest absolute Gasteiger partial charge is 0.377 e. The zero-order valence-corrected chi connectivity index (χ0v) is 16.1. The summed E-state index contributed by atoms with van der Waals surface area (Å²) in [6, 6.07) is 8.33. The van der Waals surface area contributed by atoms with Crippen LogP contribution in [0.3, 0.4) is 0 Å². The smallest absolute Gasteiger partial charge is 0.191 e. The molecule has 7 heteroatoms. The van der Waals surface area contributed by atoms with E-state index in [4.69, 9.17) is 9.47 Å².